The largest absolute Gasteiger partial charge is 0.239 e. The number of hydrogen-bond donors (Lipinski definition) is 0. The average Bonchev–Trinajstić information content (AvgIpc) is 2.56. The third kappa shape index (κ3) is 4.94. The summed E-state index contributed by atoms with van der Waals surface area (Å²) < 4.78 is 55.7. The van der Waals surface area contributed by atoms with Crippen molar-refractivity contribution in [1.29, 1.82) is 0 Å². The number of unbranched alkanes of at least 4 members (excludes halogenated alkanes) is 3. The minimum absolute atomic E-state index is 0.215. The summed E-state index contributed by atoms with van der Waals surface area (Å²) in [5.41, 5.74) is 0. The zero-order valence-electron chi connectivity index (χ0n) is 14.6. The van der Waals surface area contributed by atoms with Gasteiger partial charge in [-0.25, -0.2) is 17.6 Å². The molecule has 0 heterocycles. The molecule has 0 spiro atoms. The maximum Gasteiger partial charge on any atom is 0.189 e. The van der Waals surface area contributed by atoms with Crippen molar-refractivity contribution < 1.29 is 17.6 Å². The lowest BCUT2D eigenvalue weighted by atomic mass is 10.1. The Morgan fingerprint density at radius 2 is 1.30 bits per heavy atom. The van der Waals surface area contributed by atoms with Crippen LogP contribution in [0.2, 0.25) is 18.1 Å². The van der Waals surface area contributed by atoms with Crippen molar-refractivity contribution in [3.8, 4) is 0 Å². The van der Waals surface area contributed by atoms with Gasteiger partial charge in [0.05, 0.1) is 8.07 Å². The van der Waals surface area contributed by atoms with Gasteiger partial charge in [-0.2, -0.15) is 0 Å². The van der Waals surface area contributed by atoms with Crippen molar-refractivity contribution in [2.45, 2.75) is 89.8 Å². The number of halogens is 4. The number of allylic oxidation sites excluding steroid dienone is 4. The van der Waals surface area contributed by atoms with Crippen LogP contribution in [0.4, 0.5) is 17.6 Å². The second-order valence-electron chi connectivity index (χ2n) is 6.68. The topological polar surface area (TPSA) is 0 Å². The van der Waals surface area contributed by atoms with Gasteiger partial charge < -0.3 is 0 Å². The second kappa shape index (κ2) is 9.65. The molecule has 5 heteroatoms. The molecule has 134 valence electrons. The smallest absolute Gasteiger partial charge is 0.189 e. The van der Waals surface area contributed by atoms with Gasteiger partial charge in [0, 0.05) is 0 Å². The first-order valence-corrected chi connectivity index (χ1v) is 11.6. The maximum atomic E-state index is 14.5. The molecule has 0 saturated heterocycles. The second-order valence-corrected chi connectivity index (χ2v) is 11.3. The highest BCUT2D eigenvalue weighted by Crippen LogP contribution is 2.43. The van der Waals surface area contributed by atoms with E-state index in [1.807, 2.05) is 0 Å². The summed E-state index contributed by atoms with van der Waals surface area (Å²) >= 11 is 0. The minimum Gasteiger partial charge on any atom is -0.239 e. The highest BCUT2D eigenvalue weighted by atomic mass is 28.3. The lowest BCUT2D eigenvalue weighted by Gasteiger charge is -2.36. The average molecular weight is 351 g/mol. The quantitative estimate of drug-likeness (QED) is 0.290. The molecule has 0 aromatic heterocycles. The molecule has 2 unspecified atom stereocenters. The summed E-state index contributed by atoms with van der Waals surface area (Å²) in [6.45, 7) is 6.20. The third-order valence-electron chi connectivity index (χ3n) is 4.89. The molecule has 0 bridgehead atoms. The van der Waals surface area contributed by atoms with Gasteiger partial charge in [-0.05, 0) is 11.3 Å². The van der Waals surface area contributed by atoms with Crippen molar-refractivity contribution in [3.05, 3.63) is 22.9 Å². The van der Waals surface area contributed by atoms with Crippen LogP contribution in [0.1, 0.15) is 59.3 Å². The van der Waals surface area contributed by atoms with Crippen LogP contribution in [0.5, 0.6) is 0 Å². The van der Waals surface area contributed by atoms with Crippen LogP contribution in [0, 0.1) is 0 Å². The Bertz CT molecular complexity index is 409. The van der Waals surface area contributed by atoms with E-state index in [-0.39, 0.29) is 5.20 Å². The molecule has 0 aromatic rings. The van der Waals surface area contributed by atoms with E-state index in [0.29, 0.717) is 0 Å². The predicted molar refractivity (Wildman–Crippen MR) is 92.0 cm³/mol. The van der Waals surface area contributed by atoms with E-state index in [0.717, 1.165) is 62.7 Å². The van der Waals surface area contributed by atoms with Crippen molar-refractivity contribution in [3.63, 3.8) is 0 Å². The Morgan fingerprint density at radius 3 is 1.70 bits per heavy atom. The van der Waals surface area contributed by atoms with Gasteiger partial charge >= 0.3 is 0 Å². The van der Waals surface area contributed by atoms with Crippen LogP contribution >= 0.6 is 0 Å². The molecule has 0 nitrogen and oxygen atoms in total. The summed E-state index contributed by atoms with van der Waals surface area (Å²) in [5.74, 6) is -2.63. The van der Waals surface area contributed by atoms with E-state index in [1.54, 1.807) is 0 Å². The van der Waals surface area contributed by atoms with Crippen LogP contribution < -0.4 is 0 Å². The van der Waals surface area contributed by atoms with E-state index in [1.165, 1.54) is 0 Å². The molecule has 0 radical (unpaired) electrons. The summed E-state index contributed by atoms with van der Waals surface area (Å²) in [4.78, 5) is 0. The molecule has 0 aliphatic heterocycles. The van der Waals surface area contributed by atoms with Gasteiger partial charge in [0.2, 0.25) is 0 Å². The van der Waals surface area contributed by atoms with Crippen molar-refractivity contribution >= 4 is 8.07 Å². The van der Waals surface area contributed by atoms with Crippen LogP contribution in [-0.2, 0) is 0 Å². The normalized spacial score (nSPS) is 22.5. The third-order valence-corrected chi connectivity index (χ3v) is 10.4. The first-order valence-electron chi connectivity index (χ1n) is 8.99. The van der Waals surface area contributed by atoms with Crippen molar-refractivity contribution in [2.24, 2.45) is 0 Å². The lowest BCUT2D eigenvalue weighted by molar-refractivity contribution is 0.198. The van der Waals surface area contributed by atoms with E-state index < -0.39 is 32.1 Å². The Hall–Kier alpha value is -0.583. The molecular weight excluding hydrogens is 320 g/mol. The molecule has 1 rings (SSSR count). The fourth-order valence-electron chi connectivity index (χ4n) is 3.44. The zero-order chi connectivity index (χ0) is 17.5. The highest BCUT2D eigenvalue weighted by molar-refractivity contribution is 6.87. The number of alkyl halides is 2. The summed E-state index contributed by atoms with van der Waals surface area (Å²) in [6.07, 6.45) is 2.24. The van der Waals surface area contributed by atoms with Gasteiger partial charge in [-0.3, -0.25) is 0 Å². The summed E-state index contributed by atoms with van der Waals surface area (Å²) in [6, 6.07) is 2.50. The minimum atomic E-state index is -2.48. The van der Waals surface area contributed by atoms with Crippen LogP contribution in [0.15, 0.2) is 22.9 Å². The molecule has 0 fully saturated rings. The zero-order valence-corrected chi connectivity index (χ0v) is 15.6. The first-order chi connectivity index (χ1) is 10.9. The molecule has 0 N–H and O–H groups in total. The number of rotatable bonds is 10. The Morgan fingerprint density at radius 1 is 0.870 bits per heavy atom. The molecule has 1 aliphatic rings. The Labute approximate surface area is 139 Å². The highest BCUT2D eigenvalue weighted by Gasteiger charge is 2.43. The molecule has 0 amide bonds. The van der Waals surface area contributed by atoms with Crippen LogP contribution in [0.3, 0.4) is 0 Å². The Balaban J connectivity index is 3.25. The monoisotopic (exact) mass is 350 g/mol. The summed E-state index contributed by atoms with van der Waals surface area (Å²) in [7, 11) is -2.35. The van der Waals surface area contributed by atoms with E-state index in [9.17, 15) is 17.6 Å². The molecule has 2 atom stereocenters. The molecule has 1 aliphatic carbocycles. The van der Waals surface area contributed by atoms with E-state index in [2.05, 4.69) is 20.8 Å². The van der Waals surface area contributed by atoms with Crippen LogP contribution in [-0.4, -0.2) is 20.4 Å². The standard InChI is InChI=1S/C18H30F4Si/c1-4-7-10-23(11-8-5-2,12-9-6-3)15-13-14(19)16(20)18(22)17(15)21/h13-14,16H,4-12H2,1-3H3. The SMILES string of the molecule is CCCC[Si](CCCC)(CCCC)C1=CC(F)C(F)C(F)=C1F. The first kappa shape index (κ1) is 20.5. The fraction of sp³-hybridized carbons (Fsp3) is 0.778. The summed E-state index contributed by atoms with van der Waals surface area (Å²) in [5, 5.41) is 0.215. The molecule has 0 aromatic carbocycles. The number of hydrogen-bond acceptors (Lipinski definition) is 0. The maximum absolute atomic E-state index is 14.5. The van der Waals surface area contributed by atoms with Gasteiger partial charge in [-0.15, -0.1) is 0 Å². The van der Waals surface area contributed by atoms with E-state index in [4.69, 9.17) is 0 Å². The predicted octanol–water partition coefficient (Wildman–Crippen LogP) is 7.14. The lowest BCUT2D eigenvalue weighted by Crippen LogP contribution is -2.40. The van der Waals surface area contributed by atoms with Gasteiger partial charge in [0.15, 0.2) is 24.0 Å². The Kier molecular flexibility index (Phi) is 8.58. The van der Waals surface area contributed by atoms with Gasteiger partial charge in [0.1, 0.15) is 0 Å². The van der Waals surface area contributed by atoms with Gasteiger partial charge in [-0.1, -0.05) is 77.4 Å². The molecule has 0 saturated carbocycles. The molecule has 23 heavy (non-hydrogen) atoms. The van der Waals surface area contributed by atoms with E-state index >= 15 is 0 Å². The van der Waals surface area contributed by atoms with Crippen LogP contribution in [0.25, 0.3) is 0 Å². The fourth-order valence-corrected chi connectivity index (χ4v) is 9.19. The van der Waals surface area contributed by atoms with Gasteiger partial charge in [0.25, 0.3) is 0 Å². The molecular formula is C18H30F4Si. The van der Waals surface area contributed by atoms with Crippen molar-refractivity contribution in [2.75, 3.05) is 0 Å². The van der Waals surface area contributed by atoms with Crippen molar-refractivity contribution in [1.82, 2.24) is 0 Å².